The van der Waals surface area contributed by atoms with Gasteiger partial charge in [-0.2, -0.15) is 0 Å². The van der Waals surface area contributed by atoms with Crippen molar-refractivity contribution in [2.45, 2.75) is 57.4 Å². The lowest BCUT2D eigenvalue weighted by Gasteiger charge is -2.37. The van der Waals surface area contributed by atoms with Crippen LogP contribution < -0.4 is 11.1 Å². The Morgan fingerprint density at radius 3 is 2.65 bits per heavy atom. The molecule has 20 heavy (non-hydrogen) atoms. The van der Waals surface area contributed by atoms with Gasteiger partial charge in [-0.25, -0.2) is 0 Å². The zero-order valence-corrected chi connectivity index (χ0v) is 13.3. The van der Waals surface area contributed by atoms with E-state index in [1.807, 2.05) is 25.2 Å². The van der Waals surface area contributed by atoms with Crippen molar-refractivity contribution in [3.05, 3.63) is 22.4 Å². The highest BCUT2D eigenvalue weighted by Crippen LogP contribution is 2.41. The molecule has 0 aliphatic heterocycles. The van der Waals surface area contributed by atoms with Gasteiger partial charge in [-0.05, 0) is 31.2 Å². The van der Waals surface area contributed by atoms with Crippen LogP contribution in [-0.2, 0) is 10.2 Å². The third-order valence-corrected chi connectivity index (χ3v) is 5.77. The van der Waals surface area contributed by atoms with Crippen LogP contribution in [-0.4, -0.2) is 18.5 Å². The Morgan fingerprint density at radius 1 is 1.40 bits per heavy atom. The molecule has 2 unspecified atom stereocenters. The molecule has 0 spiro atoms. The molecule has 1 amide bonds. The highest BCUT2D eigenvalue weighted by molar-refractivity contribution is 7.10. The summed E-state index contributed by atoms with van der Waals surface area (Å²) >= 11 is 1.82. The summed E-state index contributed by atoms with van der Waals surface area (Å²) in [5.41, 5.74) is 5.97. The largest absolute Gasteiger partial charge is 0.355 e. The smallest absolute Gasteiger partial charge is 0.224 e. The zero-order valence-electron chi connectivity index (χ0n) is 12.5. The van der Waals surface area contributed by atoms with E-state index in [1.54, 1.807) is 0 Å². The van der Waals surface area contributed by atoms with Crippen LogP contribution in [0.25, 0.3) is 0 Å². The highest BCUT2D eigenvalue weighted by Gasteiger charge is 2.35. The molecule has 1 fully saturated rings. The summed E-state index contributed by atoms with van der Waals surface area (Å²) in [7, 11) is 0. The predicted molar refractivity (Wildman–Crippen MR) is 84.9 cm³/mol. The molecule has 4 heteroatoms. The van der Waals surface area contributed by atoms with E-state index in [9.17, 15) is 4.79 Å². The maximum absolute atomic E-state index is 12.2. The second-order valence-corrected chi connectivity index (χ2v) is 7.13. The lowest BCUT2D eigenvalue weighted by molar-refractivity contribution is -0.125. The van der Waals surface area contributed by atoms with Crippen molar-refractivity contribution in [1.82, 2.24) is 5.32 Å². The molecule has 0 bridgehead atoms. The second-order valence-electron chi connectivity index (χ2n) is 6.18. The van der Waals surface area contributed by atoms with E-state index in [1.165, 1.54) is 37.0 Å². The lowest BCUT2D eigenvalue weighted by Crippen LogP contribution is -2.46. The molecule has 0 aromatic carbocycles. The summed E-state index contributed by atoms with van der Waals surface area (Å²) in [5, 5.41) is 5.29. The van der Waals surface area contributed by atoms with E-state index in [-0.39, 0.29) is 23.3 Å². The molecule has 2 rings (SSSR count). The van der Waals surface area contributed by atoms with Gasteiger partial charge in [0.25, 0.3) is 0 Å². The van der Waals surface area contributed by atoms with Gasteiger partial charge in [-0.1, -0.05) is 32.3 Å². The topological polar surface area (TPSA) is 55.1 Å². The van der Waals surface area contributed by atoms with E-state index < -0.39 is 0 Å². The van der Waals surface area contributed by atoms with E-state index in [0.29, 0.717) is 0 Å². The SMILES string of the molecule is CC(N)C(C)C(=O)NCC1(c2cccs2)CCCCC1. The fourth-order valence-corrected chi connectivity index (χ4v) is 3.96. The number of nitrogens with one attached hydrogen (secondary N) is 1. The molecule has 1 aromatic heterocycles. The van der Waals surface area contributed by atoms with Crippen molar-refractivity contribution in [3.8, 4) is 0 Å². The molecular weight excluding hydrogens is 268 g/mol. The molecule has 1 aliphatic carbocycles. The number of carbonyl (C=O) groups is 1. The third kappa shape index (κ3) is 3.41. The maximum atomic E-state index is 12.2. The van der Waals surface area contributed by atoms with Crippen molar-refractivity contribution >= 4 is 17.2 Å². The Kier molecular flexibility index (Phi) is 5.22. The molecule has 0 saturated heterocycles. The Labute approximate surface area is 125 Å². The van der Waals surface area contributed by atoms with Gasteiger partial charge in [-0.3, -0.25) is 4.79 Å². The Bertz CT molecular complexity index is 422. The molecule has 1 heterocycles. The molecule has 1 saturated carbocycles. The van der Waals surface area contributed by atoms with Gasteiger partial charge in [0.15, 0.2) is 0 Å². The number of amides is 1. The molecule has 3 N–H and O–H groups in total. The summed E-state index contributed by atoms with van der Waals surface area (Å²) in [6, 6.07) is 4.24. The van der Waals surface area contributed by atoms with Crippen LogP contribution in [0.5, 0.6) is 0 Å². The average Bonchev–Trinajstić information content (AvgIpc) is 2.99. The van der Waals surface area contributed by atoms with Crippen molar-refractivity contribution in [3.63, 3.8) is 0 Å². The maximum Gasteiger partial charge on any atom is 0.224 e. The van der Waals surface area contributed by atoms with Gasteiger partial charge in [-0.15, -0.1) is 11.3 Å². The summed E-state index contributed by atoms with van der Waals surface area (Å²) in [6.07, 6.45) is 6.20. The van der Waals surface area contributed by atoms with Crippen LogP contribution >= 0.6 is 11.3 Å². The van der Waals surface area contributed by atoms with E-state index in [0.717, 1.165) is 6.54 Å². The minimum atomic E-state index is -0.126. The molecule has 1 aliphatic rings. The molecule has 112 valence electrons. The Morgan fingerprint density at radius 2 is 2.10 bits per heavy atom. The fraction of sp³-hybridized carbons (Fsp3) is 0.688. The van der Waals surface area contributed by atoms with Crippen LogP contribution in [0.2, 0.25) is 0 Å². The number of hydrogen-bond acceptors (Lipinski definition) is 3. The minimum Gasteiger partial charge on any atom is -0.355 e. The minimum absolute atomic E-state index is 0.0847. The quantitative estimate of drug-likeness (QED) is 0.877. The fourth-order valence-electron chi connectivity index (χ4n) is 2.98. The van der Waals surface area contributed by atoms with Crippen LogP contribution in [0.4, 0.5) is 0 Å². The standard InChI is InChI=1S/C16H26N2OS/c1-12(13(2)17)15(19)18-11-16(8-4-3-5-9-16)14-7-6-10-20-14/h6-7,10,12-13H,3-5,8-9,11,17H2,1-2H3,(H,18,19). The van der Waals surface area contributed by atoms with Crippen molar-refractivity contribution in [2.24, 2.45) is 11.7 Å². The Balaban J connectivity index is 2.04. The number of hydrogen-bond donors (Lipinski definition) is 2. The van der Waals surface area contributed by atoms with Gasteiger partial charge >= 0.3 is 0 Å². The third-order valence-electron chi connectivity index (χ3n) is 4.66. The van der Waals surface area contributed by atoms with Gasteiger partial charge in [0.05, 0.1) is 0 Å². The average molecular weight is 294 g/mol. The molecule has 2 atom stereocenters. The first-order chi connectivity index (χ1) is 9.55. The summed E-state index contributed by atoms with van der Waals surface area (Å²) in [6.45, 7) is 4.54. The lowest BCUT2D eigenvalue weighted by atomic mass is 9.73. The molecule has 1 aromatic rings. The van der Waals surface area contributed by atoms with E-state index >= 15 is 0 Å². The van der Waals surface area contributed by atoms with Gasteiger partial charge < -0.3 is 11.1 Å². The summed E-state index contributed by atoms with van der Waals surface area (Å²) in [4.78, 5) is 13.6. The Hall–Kier alpha value is -0.870. The van der Waals surface area contributed by atoms with Crippen LogP contribution in [0, 0.1) is 5.92 Å². The molecule has 0 radical (unpaired) electrons. The highest BCUT2D eigenvalue weighted by atomic mass is 32.1. The second kappa shape index (κ2) is 6.72. The van der Waals surface area contributed by atoms with Crippen molar-refractivity contribution in [1.29, 1.82) is 0 Å². The number of thiophene rings is 1. The first kappa shape index (κ1) is 15.5. The van der Waals surface area contributed by atoms with E-state index in [2.05, 4.69) is 22.8 Å². The monoisotopic (exact) mass is 294 g/mol. The first-order valence-electron chi connectivity index (χ1n) is 7.62. The van der Waals surface area contributed by atoms with Crippen molar-refractivity contribution in [2.75, 3.05) is 6.54 Å². The van der Waals surface area contributed by atoms with Crippen molar-refractivity contribution < 1.29 is 4.79 Å². The van der Waals surface area contributed by atoms with Gasteiger partial charge in [0.1, 0.15) is 0 Å². The first-order valence-corrected chi connectivity index (χ1v) is 8.50. The molecular formula is C16H26N2OS. The number of rotatable bonds is 5. The predicted octanol–water partition coefficient (Wildman–Crippen LogP) is 3.05. The summed E-state index contributed by atoms with van der Waals surface area (Å²) < 4.78 is 0. The molecule has 3 nitrogen and oxygen atoms in total. The summed E-state index contributed by atoms with van der Waals surface area (Å²) in [5.74, 6) is -0.0412. The van der Waals surface area contributed by atoms with E-state index in [4.69, 9.17) is 5.73 Å². The van der Waals surface area contributed by atoms with Crippen LogP contribution in [0.3, 0.4) is 0 Å². The zero-order chi connectivity index (χ0) is 14.6. The van der Waals surface area contributed by atoms with Gasteiger partial charge in [0.2, 0.25) is 5.91 Å². The van der Waals surface area contributed by atoms with Crippen LogP contribution in [0.1, 0.15) is 50.8 Å². The number of carbonyl (C=O) groups excluding carboxylic acids is 1. The van der Waals surface area contributed by atoms with Gasteiger partial charge in [0, 0.05) is 28.8 Å². The number of nitrogens with two attached hydrogens (primary N) is 1. The normalized spacial score (nSPS) is 21.1. The van der Waals surface area contributed by atoms with Crippen LogP contribution in [0.15, 0.2) is 17.5 Å².